The van der Waals surface area contributed by atoms with Gasteiger partial charge in [0.1, 0.15) is 0 Å². The normalized spacial score (nSPS) is 14.2. The SMILES string of the molecule is Cc1cccc(C(CN)N(C)C(C)c2ccccc2Cl)c1. The van der Waals surface area contributed by atoms with Crippen molar-refractivity contribution < 1.29 is 0 Å². The average molecular weight is 303 g/mol. The Balaban J connectivity index is 2.28. The predicted octanol–water partition coefficient (Wildman–Crippen LogP) is 4.34. The molecule has 21 heavy (non-hydrogen) atoms. The predicted molar refractivity (Wildman–Crippen MR) is 90.6 cm³/mol. The van der Waals surface area contributed by atoms with Gasteiger partial charge in [-0.2, -0.15) is 0 Å². The maximum atomic E-state index is 6.32. The van der Waals surface area contributed by atoms with E-state index in [4.69, 9.17) is 17.3 Å². The van der Waals surface area contributed by atoms with Crippen molar-refractivity contribution in [1.82, 2.24) is 4.90 Å². The first-order valence-corrected chi connectivity index (χ1v) is 7.65. The molecular formula is C18H23ClN2. The third-order valence-corrected chi connectivity index (χ3v) is 4.45. The number of aryl methyl sites for hydroxylation is 1. The van der Waals surface area contributed by atoms with Crippen LogP contribution in [0.5, 0.6) is 0 Å². The zero-order chi connectivity index (χ0) is 15.4. The zero-order valence-corrected chi connectivity index (χ0v) is 13.6. The highest BCUT2D eigenvalue weighted by molar-refractivity contribution is 6.31. The van der Waals surface area contributed by atoms with E-state index in [1.165, 1.54) is 11.1 Å². The molecule has 0 fully saturated rings. The molecule has 2 atom stereocenters. The molecule has 2 aromatic carbocycles. The fourth-order valence-corrected chi connectivity index (χ4v) is 3.01. The molecule has 2 nitrogen and oxygen atoms in total. The molecule has 0 heterocycles. The average Bonchev–Trinajstić information content (AvgIpc) is 2.48. The summed E-state index contributed by atoms with van der Waals surface area (Å²) in [5.74, 6) is 0. The van der Waals surface area contributed by atoms with E-state index >= 15 is 0 Å². The van der Waals surface area contributed by atoms with Crippen LogP contribution in [0.15, 0.2) is 48.5 Å². The minimum Gasteiger partial charge on any atom is -0.329 e. The number of hydrogen-bond donors (Lipinski definition) is 1. The molecule has 0 saturated carbocycles. The molecule has 0 radical (unpaired) electrons. The van der Waals surface area contributed by atoms with Crippen molar-refractivity contribution in [2.24, 2.45) is 5.73 Å². The van der Waals surface area contributed by atoms with E-state index in [9.17, 15) is 0 Å². The zero-order valence-electron chi connectivity index (χ0n) is 12.9. The molecule has 0 aromatic heterocycles. The lowest BCUT2D eigenvalue weighted by molar-refractivity contribution is 0.190. The van der Waals surface area contributed by atoms with E-state index in [1.807, 2.05) is 18.2 Å². The smallest absolute Gasteiger partial charge is 0.0473 e. The molecule has 0 bridgehead atoms. The van der Waals surface area contributed by atoms with Crippen molar-refractivity contribution in [2.75, 3.05) is 13.6 Å². The van der Waals surface area contributed by atoms with Gasteiger partial charge in [0.15, 0.2) is 0 Å². The minimum atomic E-state index is 0.177. The molecule has 0 aliphatic carbocycles. The van der Waals surface area contributed by atoms with Gasteiger partial charge in [-0.3, -0.25) is 4.90 Å². The van der Waals surface area contributed by atoms with Gasteiger partial charge in [-0.15, -0.1) is 0 Å². The maximum Gasteiger partial charge on any atom is 0.0473 e. The number of halogens is 1. The lowest BCUT2D eigenvalue weighted by atomic mass is 9.99. The van der Waals surface area contributed by atoms with Gasteiger partial charge in [0.2, 0.25) is 0 Å². The number of rotatable bonds is 5. The fourth-order valence-electron chi connectivity index (χ4n) is 2.72. The van der Waals surface area contributed by atoms with E-state index in [-0.39, 0.29) is 12.1 Å². The van der Waals surface area contributed by atoms with Gasteiger partial charge >= 0.3 is 0 Å². The van der Waals surface area contributed by atoms with E-state index < -0.39 is 0 Å². The van der Waals surface area contributed by atoms with Crippen molar-refractivity contribution >= 4 is 11.6 Å². The molecule has 0 saturated heterocycles. The summed E-state index contributed by atoms with van der Waals surface area (Å²) in [6.07, 6.45) is 0. The van der Waals surface area contributed by atoms with Crippen molar-refractivity contribution in [1.29, 1.82) is 0 Å². The number of nitrogens with two attached hydrogens (primary N) is 1. The van der Waals surface area contributed by atoms with E-state index in [1.54, 1.807) is 0 Å². The summed E-state index contributed by atoms with van der Waals surface area (Å²) < 4.78 is 0. The Labute approximate surface area is 132 Å². The van der Waals surface area contributed by atoms with Crippen LogP contribution in [-0.4, -0.2) is 18.5 Å². The molecule has 3 heteroatoms. The van der Waals surface area contributed by atoms with Gasteiger partial charge in [0, 0.05) is 23.7 Å². The molecule has 2 aromatic rings. The molecule has 0 amide bonds. The van der Waals surface area contributed by atoms with E-state index in [2.05, 4.69) is 56.1 Å². The van der Waals surface area contributed by atoms with Gasteiger partial charge in [-0.05, 0) is 38.1 Å². The second-order valence-corrected chi connectivity index (χ2v) is 5.94. The third-order valence-electron chi connectivity index (χ3n) is 4.11. The number of hydrogen-bond acceptors (Lipinski definition) is 2. The molecule has 2 N–H and O–H groups in total. The lowest BCUT2D eigenvalue weighted by Crippen LogP contribution is -2.32. The highest BCUT2D eigenvalue weighted by atomic mass is 35.5. The highest BCUT2D eigenvalue weighted by Gasteiger charge is 2.22. The summed E-state index contributed by atoms with van der Waals surface area (Å²) in [6.45, 7) is 4.85. The van der Waals surface area contributed by atoms with Crippen molar-refractivity contribution in [3.8, 4) is 0 Å². The van der Waals surface area contributed by atoms with E-state index in [0.717, 1.165) is 10.6 Å². The number of benzene rings is 2. The van der Waals surface area contributed by atoms with Crippen LogP contribution in [0.3, 0.4) is 0 Å². The first-order valence-electron chi connectivity index (χ1n) is 7.27. The molecule has 2 rings (SSSR count). The van der Waals surface area contributed by atoms with Crippen molar-refractivity contribution in [2.45, 2.75) is 25.9 Å². The summed E-state index contributed by atoms with van der Waals surface area (Å²) in [4.78, 5) is 2.29. The molecule has 0 aliphatic rings. The second-order valence-electron chi connectivity index (χ2n) is 5.53. The Hall–Kier alpha value is -1.35. The Morgan fingerprint density at radius 2 is 1.86 bits per heavy atom. The third kappa shape index (κ3) is 3.65. The van der Waals surface area contributed by atoms with Crippen LogP contribution < -0.4 is 5.73 Å². The number of nitrogens with zero attached hydrogens (tertiary/aromatic N) is 1. The fraction of sp³-hybridized carbons (Fsp3) is 0.333. The summed E-state index contributed by atoms with van der Waals surface area (Å²) >= 11 is 6.32. The van der Waals surface area contributed by atoms with Crippen LogP contribution in [0.4, 0.5) is 0 Å². The van der Waals surface area contributed by atoms with Gasteiger partial charge in [0.25, 0.3) is 0 Å². The molecule has 112 valence electrons. The summed E-state index contributed by atoms with van der Waals surface area (Å²) in [5.41, 5.74) is 9.67. The standard InChI is InChI=1S/C18H23ClN2/c1-13-7-6-8-15(11-13)18(12-20)21(3)14(2)16-9-4-5-10-17(16)19/h4-11,14,18H,12,20H2,1-3H3. The van der Waals surface area contributed by atoms with Crippen molar-refractivity contribution in [3.63, 3.8) is 0 Å². The molecule has 0 aliphatic heterocycles. The summed E-state index contributed by atoms with van der Waals surface area (Å²) in [5, 5.41) is 0.803. The van der Waals surface area contributed by atoms with Gasteiger partial charge in [-0.1, -0.05) is 59.6 Å². The minimum absolute atomic E-state index is 0.177. The van der Waals surface area contributed by atoms with Crippen LogP contribution >= 0.6 is 11.6 Å². The number of likely N-dealkylation sites (N-methyl/N-ethyl adjacent to an activating group) is 1. The Bertz CT molecular complexity index is 597. The van der Waals surface area contributed by atoms with Crippen LogP contribution in [-0.2, 0) is 0 Å². The quantitative estimate of drug-likeness (QED) is 0.890. The lowest BCUT2D eigenvalue weighted by Gasteiger charge is -2.33. The molecule has 2 unspecified atom stereocenters. The summed E-state index contributed by atoms with van der Waals surface area (Å²) in [7, 11) is 2.11. The molecule has 0 spiro atoms. The highest BCUT2D eigenvalue weighted by Crippen LogP contribution is 2.32. The van der Waals surface area contributed by atoms with Gasteiger partial charge < -0.3 is 5.73 Å². The summed E-state index contributed by atoms with van der Waals surface area (Å²) in [6, 6.07) is 16.9. The van der Waals surface area contributed by atoms with Crippen LogP contribution in [0.1, 0.15) is 35.7 Å². The van der Waals surface area contributed by atoms with Gasteiger partial charge in [-0.25, -0.2) is 0 Å². The van der Waals surface area contributed by atoms with Crippen LogP contribution in [0.2, 0.25) is 5.02 Å². The Morgan fingerprint density at radius 3 is 2.48 bits per heavy atom. The second kappa shape index (κ2) is 7.08. The first-order chi connectivity index (χ1) is 10.0. The topological polar surface area (TPSA) is 29.3 Å². The maximum absolute atomic E-state index is 6.32. The monoisotopic (exact) mass is 302 g/mol. The van der Waals surface area contributed by atoms with Crippen LogP contribution in [0, 0.1) is 6.92 Å². The first kappa shape index (κ1) is 16.0. The van der Waals surface area contributed by atoms with Crippen LogP contribution in [0.25, 0.3) is 0 Å². The van der Waals surface area contributed by atoms with E-state index in [0.29, 0.717) is 6.54 Å². The van der Waals surface area contributed by atoms with Gasteiger partial charge in [0.05, 0.1) is 0 Å². The largest absolute Gasteiger partial charge is 0.329 e. The molecular weight excluding hydrogens is 280 g/mol. The Kier molecular flexibility index (Phi) is 5.40. The Morgan fingerprint density at radius 1 is 1.14 bits per heavy atom. The van der Waals surface area contributed by atoms with Crippen molar-refractivity contribution in [3.05, 3.63) is 70.2 Å².